The Morgan fingerprint density at radius 1 is 1.30 bits per heavy atom. The first kappa shape index (κ1) is 22.3. The number of benzene rings is 1. The summed E-state index contributed by atoms with van der Waals surface area (Å²) < 4.78 is 39.2. The number of imide groups is 1. The number of halogens is 4. The van der Waals surface area contributed by atoms with E-state index in [-0.39, 0.29) is 12.1 Å². The van der Waals surface area contributed by atoms with E-state index in [1.807, 2.05) is 13.8 Å². The Labute approximate surface area is 179 Å². The van der Waals surface area contributed by atoms with Gasteiger partial charge in [-0.05, 0) is 43.2 Å². The Hall–Kier alpha value is -2.43. The summed E-state index contributed by atoms with van der Waals surface area (Å²) in [5, 5.41) is -0.537. The van der Waals surface area contributed by atoms with Gasteiger partial charge in [-0.2, -0.15) is 13.2 Å². The van der Waals surface area contributed by atoms with Gasteiger partial charge >= 0.3 is 6.18 Å². The second-order valence-electron chi connectivity index (χ2n) is 6.65. The summed E-state index contributed by atoms with van der Waals surface area (Å²) >= 11 is 6.91. The number of carbonyl (C=O) groups excluding carboxylic acids is 3. The van der Waals surface area contributed by atoms with Crippen LogP contribution in [0.1, 0.15) is 39.0 Å². The van der Waals surface area contributed by atoms with Gasteiger partial charge in [0.25, 0.3) is 11.8 Å². The van der Waals surface area contributed by atoms with Crippen molar-refractivity contribution in [1.82, 2.24) is 10.9 Å². The Balaban J connectivity index is 1.73. The molecule has 2 heterocycles. The van der Waals surface area contributed by atoms with Crippen LogP contribution in [0.2, 0.25) is 5.02 Å². The van der Waals surface area contributed by atoms with E-state index in [4.69, 9.17) is 11.6 Å². The Bertz CT molecular complexity index is 1020. The van der Waals surface area contributed by atoms with Gasteiger partial charge in [0.05, 0.1) is 27.6 Å². The van der Waals surface area contributed by atoms with E-state index in [0.717, 1.165) is 29.0 Å². The average molecular weight is 460 g/mol. The monoisotopic (exact) mass is 459 g/mol. The van der Waals surface area contributed by atoms with Gasteiger partial charge in [0.15, 0.2) is 0 Å². The number of alkyl halides is 3. The molecule has 0 saturated carbocycles. The van der Waals surface area contributed by atoms with E-state index in [1.165, 1.54) is 11.3 Å². The third-order valence-electron chi connectivity index (χ3n) is 4.59. The number of anilines is 1. The second kappa shape index (κ2) is 8.37. The SMILES string of the molecule is CCc1sc(C(=O)NNC2CC(=O)N(c3ccc(Cl)c(C(F)(F)F)c3)C2=O)cc1C. The van der Waals surface area contributed by atoms with E-state index in [1.54, 1.807) is 6.07 Å². The number of thiophene rings is 1. The highest BCUT2D eigenvalue weighted by molar-refractivity contribution is 7.14. The highest BCUT2D eigenvalue weighted by atomic mass is 35.5. The molecule has 6 nitrogen and oxygen atoms in total. The lowest BCUT2D eigenvalue weighted by molar-refractivity contribution is -0.137. The molecule has 0 spiro atoms. The topological polar surface area (TPSA) is 78.5 Å². The van der Waals surface area contributed by atoms with Crippen LogP contribution in [0, 0.1) is 6.92 Å². The van der Waals surface area contributed by atoms with Crippen molar-refractivity contribution in [3.63, 3.8) is 0 Å². The summed E-state index contributed by atoms with van der Waals surface area (Å²) in [6.45, 7) is 3.86. The van der Waals surface area contributed by atoms with Crippen molar-refractivity contribution in [3.05, 3.63) is 50.2 Å². The number of nitrogens with one attached hydrogen (secondary N) is 2. The van der Waals surface area contributed by atoms with Crippen molar-refractivity contribution in [1.29, 1.82) is 0 Å². The molecule has 2 N–H and O–H groups in total. The summed E-state index contributed by atoms with van der Waals surface area (Å²) in [5.74, 6) is -1.93. The van der Waals surface area contributed by atoms with Gasteiger partial charge in [0, 0.05) is 4.88 Å². The van der Waals surface area contributed by atoms with Crippen LogP contribution in [0.5, 0.6) is 0 Å². The Morgan fingerprint density at radius 2 is 2.00 bits per heavy atom. The maximum atomic E-state index is 13.1. The lowest BCUT2D eigenvalue weighted by Gasteiger charge is -2.18. The molecule has 3 amide bonds. The molecule has 0 bridgehead atoms. The Kier molecular flexibility index (Phi) is 6.21. The first-order valence-electron chi connectivity index (χ1n) is 8.91. The fourth-order valence-electron chi connectivity index (χ4n) is 3.08. The van der Waals surface area contributed by atoms with Crippen molar-refractivity contribution < 1.29 is 27.6 Å². The molecule has 1 aromatic carbocycles. The zero-order chi connectivity index (χ0) is 22.2. The van der Waals surface area contributed by atoms with Crippen LogP contribution in [-0.2, 0) is 22.2 Å². The summed E-state index contributed by atoms with van der Waals surface area (Å²) in [4.78, 5) is 39.3. The van der Waals surface area contributed by atoms with Crippen molar-refractivity contribution in [2.24, 2.45) is 0 Å². The van der Waals surface area contributed by atoms with Crippen LogP contribution in [-0.4, -0.2) is 23.8 Å². The van der Waals surface area contributed by atoms with Crippen molar-refractivity contribution in [2.45, 2.75) is 38.9 Å². The predicted octanol–water partition coefficient (Wildman–Crippen LogP) is 3.86. The minimum absolute atomic E-state index is 0.237. The lowest BCUT2D eigenvalue weighted by Crippen LogP contribution is -2.48. The molecule has 2 aromatic rings. The molecule has 1 aromatic heterocycles. The number of aryl methyl sites for hydroxylation is 2. The molecule has 1 aliphatic rings. The maximum Gasteiger partial charge on any atom is 0.417 e. The van der Waals surface area contributed by atoms with Gasteiger partial charge in [0.2, 0.25) is 5.91 Å². The molecule has 1 unspecified atom stereocenters. The number of amides is 3. The number of nitrogens with zero attached hydrogens (tertiary/aromatic N) is 1. The number of hydrazine groups is 1. The quantitative estimate of drug-likeness (QED) is 0.526. The molecule has 0 radical (unpaired) electrons. The lowest BCUT2D eigenvalue weighted by atomic mass is 10.2. The van der Waals surface area contributed by atoms with Gasteiger partial charge in [-0.1, -0.05) is 18.5 Å². The minimum Gasteiger partial charge on any atom is -0.286 e. The zero-order valence-corrected chi connectivity index (χ0v) is 17.5. The maximum absolute atomic E-state index is 13.1. The molecular formula is C19H17ClF3N3O3S. The third-order valence-corrected chi connectivity index (χ3v) is 6.30. The van der Waals surface area contributed by atoms with E-state index in [2.05, 4.69) is 10.9 Å². The molecule has 1 fully saturated rings. The number of rotatable bonds is 5. The van der Waals surface area contributed by atoms with Crippen LogP contribution in [0.25, 0.3) is 0 Å². The van der Waals surface area contributed by atoms with Gasteiger partial charge < -0.3 is 0 Å². The molecule has 160 valence electrons. The first-order chi connectivity index (χ1) is 14.0. The minimum atomic E-state index is -4.74. The van der Waals surface area contributed by atoms with Gasteiger partial charge in [-0.25, -0.2) is 10.3 Å². The molecule has 0 aliphatic carbocycles. The van der Waals surface area contributed by atoms with Crippen LogP contribution < -0.4 is 15.8 Å². The molecule has 1 saturated heterocycles. The van der Waals surface area contributed by atoms with Crippen molar-refractivity contribution in [3.8, 4) is 0 Å². The van der Waals surface area contributed by atoms with E-state index in [9.17, 15) is 27.6 Å². The first-order valence-corrected chi connectivity index (χ1v) is 10.1. The highest BCUT2D eigenvalue weighted by Crippen LogP contribution is 2.37. The molecule has 30 heavy (non-hydrogen) atoms. The fourth-order valence-corrected chi connectivity index (χ4v) is 4.32. The van der Waals surface area contributed by atoms with Crippen LogP contribution in [0.3, 0.4) is 0 Å². The molecule has 1 aliphatic heterocycles. The predicted molar refractivity (Wildman–Crippen MR) is 106 cm³/mol. The van der Waals surface area contributed by atoms with Crippen molar-refractivity contribution >= 4 is 46.3 Å². The molecule has 3 rings (SSSR count). The van der Waals surface area contributed by atoms with Gasteiger partial charge in [-0.3, -0.25) is 19.8 Å². The second-order valence-corrected chi connectivity index (χ2v) is 8.20. The summed E-state index contributed by atoms with van der Waals surface area (Å²) in [6.07, 6.45) is -4.27. The Morgan fingerprint density at radius 3 is 2.60 bits per heavy atom. The van der Waals surface area contributed by atoms with Crippen LogP contribution in [0.4, 0.5) is 18.9 Å². The summed E-state index contributed by atoms with van der Waals surface area (Å²) in [5.41, 5.74) is 4.50. The number of carbonyl (C=O) groups is 3. The van der Waals surface area contributed by atoms with E-state index in [0.29, 0.717) is 15.8 Å². The van der Waals surface area contributed by atoms with E-state index >= 15 is 0 Å². The average Bonchev–Trinajstić information content (AvgIpc) is 3.18. The normalized spacial score (nSPS) is 17.0. The highest BCUT2D eigenvalue weighted by Gasteiger charge is 2.41. The molecule has 1 atom stereocenters. The standard InChI is InChI=1S/C19H17ClF3N3O3S/c1-3-14-9(2)6-15(30-14)17(28)25-24-13-8-16(27)26(18(13)29)10-4-5-12(20)11(7-10)19(21,22)23/h4-7,13,24H,3,8H2,1-2H3,(H,25,28). The smallest absolute Gasteiger partial charge is 0.286 e. The molecular weight excluding hydrogens is 443 g/mol. The summed E-state index contributed by atoms with van der Waals surface area (Å²) in [6, 6.07) is 3.42. The third kappa shape index (κ3) is 4.35. The number of hydrogen-bond donors (Lipinski definition) is 2. The van der Waals surface area contributed by atoms with Gasteiger partial charge in [-0.15, -0.1) is 11.3 Å². The largest absolute Gasteiger partial charge is 0.417 e. The number of hydrogen-bond acceptors (Lipinski definition) is 5. The van der Waals surface area contributed by atoms with Crippen LogP contribution >= 0.6 is 22.9 Å². The van der Waals surface area contributed by atoms with Crippen LogP contribution in [0.15, 0.2) is 24.3 Å². The van der Waals surface area contributed by atoms with E-state index < -0.39 is 40.5 Å². The molecule has 11 heteroatoms. The fraction of sp³-hybridized carbons (Fsp3) is 0.316. The summed E-state index contributed by atoms with van der Waals surface area (Å²) in [7, 11) is 0. The van der Waals surface area contributed by atoms with Crippen molar-refractivity contribution in [2.75, 3.05) is 4.90 Å². The zero-order valence-electron chi connectivity index (χ0n) is 15.9. The van der Waals surface area contributed by atoms with Gasteiger partial charge in [0.1, 0.15) is 6.04 Å².